The molecule has 1 aliphatic carbocycles. The Morgan fingerprint density at radius 3 is 2.50 bits per heavy atom. The standard InChI is InChI=1S/C12H16.C2H4/c1-9-7-8-11-5-3-4-6-12(11)10(9)2;1-2/h3-6,9-10H,7-8H2,1-2H3;1-2H2. The van der Waals surface area contributed by atoms with E-state index < -0.39 is 0 Å². The van der Waals surface area contributed by atoms with E-state index in [1.54, 1.807) is 11.1 Å². The number of hydrogen-bond donors (Lipinski definition) is 0. The van der Waals surface area contributed by atoms with Crippen molar-refractivity contribution < 1.29 is 0 Å². The smallest absolute Gasteiger partial charge is 0.0162 e. The zero-order valence-electron chi connectivity index (χ0n) is 9.29. The van der Waals surface area contributed by atoms with E-state index >= 15 is 0 Å². The van der Waals surface area contributed by atoms with Crippen molar-refractivity contribution in [3.8, 4) is 0 Å². The fourth-order valence-electron chi connectivity index (χ4n) is 2.15. The lowest BCUT2D eigenvalue weighted by Crippen LogP contribution is -2.15. The molecule has 1 aromatic rings. The molecule has 1 aliphatic rings. The molecule has 0 radical (unpaired) electrons. The highest BCUT2D eigenvalue weighted by molar-refractivity contribution is 5.32. The van der Waals surface area contributed by atoms with Crippen LogP contribution in [0.1, 0.15) is 37.3 Å². The van der Waals surface area contributed by atoms with E-state index in [9.17, 15) is 0 Å². The summed E-state index contributed by atoms with van der Waals surface area (Å²) in [5, 5.41) is 0. The van der Waals surface area contributed by atoms with Gasteiger partial charge in [0.1, 0.15) is 0 Å². The lowest BCUT2D eigenvalue weighted by molar-refractivity contribution is 0.426. The molecule has 1 aromatic carbocycles. The largest absolute Gasteiger partial charge is 0.106 e. The number of aryl methyl sites for hydroxylation is 1. The van der Waals surface area contributed by atoms with E-state index in [2.05, 4.69) is 51.3 Å². The Bertz CT molecular complexity index is 288. The van der Waals surface area contributed by atoms with Crippen molar-refractivity contribution in [3.05, 3.63) is 48.6 Å². The Balaban J connectivity index is 0.000000461. The molecule has 0 amide bonds. The molecule has 0 fully saturated rings. The molecular formula is C14H20. The maximum atomic E-state index is 3.00. The van der Waals surface area contributed by atoms with Gasteiger partial charge in [-0.15, -0.1) is 13.2 Å². The fourth-order valence-corrected chi connectivity index (χ4v) is 2.15. The molecule has 2 rings (SSSR count). The fraction of sp³-hybridized carbons (Fsp3) is 0.429. The molecule has 0 aromatic heterocycles. The predicted molar refractivity (Wildman–Crippen MR) is 63.6 cm³/mol. The topological polar surface area (TPSA) is 0 Å². The third kappa shape index (κ3) is 2.06. The van der Waals surface area contributed by atoms with Crippen LogP contribution in [-0.4, -0.2) is 0 Å². The summed E-state index contributed by atoms with van der Waals surface area (Å²) < 4.78 is 0. The van der Waals surface area contributed by atoms with E-state index in [4.69, 9.17) is 0 Å². The summed E-state index contributed by atoms with van der Waals surface area (Å²) >= 11 is 0. The summed E-state index contributed by atoms with van der Waals surface area (Å²) in [6.07, 6.45) is 2.64. The Labute approximate surface area is 87.7 Å². The van der Waals surface area contributed by atoms with Crippen LogP contribution in [0.15, 0.2) is 37.4 Å². The van der Waals surface area contributed by atoms with Crippen LogP contribution in [0.2, 0.25) is 0 Å². The van der Waals surface area contributed by atoms with Crippen LogP contribution in [0.4, 0.5) is 0 Å². The van der Waals surface area contributed by atoms with Gasteiger partial charge in [0.2, 0.25) is 0 Å². The molecule has 0 heteroatoms. The second-order valence-corrected chi connectivity index (χ2v) is 4.00. The average Bonchev–Trinajstić information content (AvgIpc) is 2.27. The maximum absolute atomic E-state index is 3.00. The van der Waals surface area contributed by atoms with Crippen molar-refractivity contribution >= 4 is 0 Å². The SMILES string of the molecule is C=C.CC1CCc2ccccc2C1C. The summed E-state index contributed by atoms with van der Waals surface area (Å²) in [6.45, 7) is 10.7. The molecule has 0 nitrogen and oxygen atoms in total. The normalized spacial score (nSPS) is 24.4. The van der Waals surface area contributed by atoms with Gasteiger partial charge in [-0.25, -0.2) is 0 Å². The minimum atomic E-state index is 0.759. The van der Waals surface area contributed by atoms with Crippen LogP contribution >= 0.6 is 0 Å². The van der Waals surface area contributed by atoms with Gasteiger partial charge in [-0.2, -0.15) is 0 Å². The maximum Gasteiger partial charge on any atom is -0.0162 e. The molecule has 0 saturated carbocycles. The first-order chi connectivity index (χ1) is 6.79. The molecule has 0 saturated heterocycles. The van der Waals surface area contributed by atoms with Gasteiger partial charge in [-0.3, -0.25) is 0 Å². The summed E-state index contributed by atoms with van der Waals surface area (Å²) in [7, 11) is 0. The van der Waals surface area contributed by atoms with Crippen LogP contribution in [0.3, 0.4) is 0 Å². The third-order valence-corrected chi connectivity index (χ3v) is 3.27. The average molecular weight is 188 g/mol. The van der Waals surface area contributed by atoms with Crippen molar-refractivity contribution in [2.75, 3.05) is 0 Å². The van der Waals surface area contributed by atoms with E-state index in [-0.39, 0.29) is 0 Å². The summed E-state index contributed by atoms with van der Waals surface area (Å²) in [5.74, 6) is 1.62. The molecule has 0 spiro atoms. The Kier molecular flexibility index (Phi) is 3.94. The van der Waals surface area contributed by atoms with Crippen molar-refractivity contribution in [2.45, 2.75) is 32.6 Å². The summed E-state index contributed by atoms with van der Waals surface area (Å²) in [6, 6.07) is 8.88. The number of fused-ring (bicyclic) bond motifs is 1. The predicted octanol–water partition coefficient (Wildman–Crippen LogP) is 4.17. The van der Waals surface area contributed by atoms with Crippen LogP contribution < -0.4 is 0 Å². The van der Waals surface area contributed by atoms with Crippen molar-refractivity contribution in [1.82, 2.24) is 0 Å². The molecule has 76 valence electrons. The van der Waals surface area contributed by atoms with Crippen LogP contribution in [0.25, 0.3) is 0 Å². The highest BCUT2D eigenvalue weighted by Gasteiger charge is 2.21. The minimum absolute atomic E-state index is 0.759. The third-order valence-electron chi connectivity index (χ3n) is 3.27. The van der Waals surface area contributed by atoms with Gasteiger partial charge in [0.15, 0.2) is 0 Å². The van der Waals surface area contributed by atoms with Crippen LogP contribution in [0, 0.1) is 5.92 Å². The quantitative estimate of drug-likeness (QED) is 0.536. The Morgan fingerprint density at radius 2 is 1.79 bits per heavy atom. The number of benzene rings is 1. The van der Waals surface area contributed by atoms with Crippen LogP contribution in [0.5, 0.6) is 0 Å². The van der Waals surface area contributed by atoms with Crippen LogP contribution in [-0.2, 0) is 6.42 Å². The number of rotatable bonds is 0. The van der Waals surface area contributed by atoms with Crippen molar-refractivity contribution in [1.29, 1.82) is 0 Å². The molecule has 2 unspecified atom stereocenters. The molecule has 14 heavy (non-hydrogen) atoms. The summed E-state index contributed by atoms with van der Waals surface area (Å²) in [4.78, 5) is 0. The molecule has 0 N–H and O–H groups in total. The van der Waals surface area contributed by atoms with Gasteiger partial charge in [0.05, 0.1) is 0 Å². The first-order valence-corrected chi connectivity index (χ1v) is 5.37. The van der Waals surface area contributed by atoms with E-state index in [0.29, 0.717) is 0 Å². The van der Waals surface area contributed by atoms with Gasteiger partial charge in [-0.05, 0) is 35.8 Å². The molecular weight excluding hydrogens is 168 g/mol. The van der Waals surface area contributed by atoms with E-state index in [0.717, 1.165) is 11.8 Å². The van der Waals surface area contributed by atoms with E-state index in [1.165, 1.54) is 12.8 Å². The second-order valence-electron chi connectivity index (χ2n) is 4.00. The van der Waals surface area contributed by atoms with E-state index in [1.807, 2.05) is 0 Å². The van der Waals surface area contributed by atoms with Gasteiger partial charge >= 0.3 is 0 Å². The van der Waals surface area contributed by atoms with Crippen molar-refractivity contribution in [3.63, 3.8) is 0 Å². The summed E-state index contributed by atoms with van der Waals surface area (Å²) in [5.41, 5.74) is 3.15. The van der Waals surface area contributed by atoms with Gasteiger partial charge in [0.25, 0.3) is 0 Å². The zero-order chi connectivity index (χ0) is 10.6. The molecule has 2 atom stereocenters. The van der Waals surface area contributed by atoms with Gasteiger partial charge in [0, 0.05) is 0 Å². The highest BCUT2D eigenvalue weighted by atomic mass is 14.3. The first kappa shape index (κ1) is 11.0. The minimum Gasteiger partial charge on any atom is -0.106 e. The molecule has 0 bridgehead atoms. The Hall–Kier alpha value is -1.04. The Morgan fingerprint density at radius 1 is 1.14 bits per heavy atom. The van der Waals surface area contributed by atoms with Crippen molar-refractivity contribution in [2.24, 2.45) is 5.92 Å². The first-order valence-electron chi connectivity index (χ1n) is 5.37. The molecule has 0 heterocycles. The monoisotopic (exact) mass is 188 g/mol. The second kappa shape index (κ2) is 4.99. The van der Waals surface area contributed by atoms with Gasteiger partial charge in [-0.1, -0.05) is 38.1 Å². The lowest BCUT2D eigenvalue weighted by Gasteiger charge is -2.28. The zero-order valence-corrected chi connectivity index (χ0v) is 9.29. The lowest BCUT2D eigenvalue weighted by atomic mass is 9.77. The molecule has 0 aliphatic heterocycles. The van der Waals surface area contributed by atoms with Gasteiger partial charge < -0.3 is 0 Å². The highest BCUT2D eigenvalue weighted by Crippen LogP contribution is 2.34. The number of hydrogen-bond acceptors (Lipinski definition) is 0.